The highest BCUT2D eigenvalue weighted by molar-refractivity contribution is 6.93. The third-order valence-corrected chi connectivity index (χ3v) is 15.8. The first-order valence-corrected chi connectivity index (χ1v) is 20.3. The average Bonchev–Trinajstić information content (AvgIpc) is 3.65. The standard InChI is InChI=1S/C45H54Si/c1-11-12-23-46(10,36-26-32-15-13-17-40(42(32)28-36)38-21-19-34(24-30(38)2)44(4,5)6)37-27-33-16-14-18-41(43(33)29-37)39-22-20-35(25-31(39)3)45(7,8)9/h13-22,24-25,28-29H,11-12,23,26-27H2,1-10H3. The lowest BCUT2D eigenvalue weighted by molar-refractivity contribution is 0.589. The van der Waals surface area contributed by atoms with Crippen molar-refractivity contribution in [3.05, 3.63) is 128 Å². The molecule has 0 N–H and O–H groups in total. The molecule has 4 aromatic carbocycles. The summed E-state index contributed by atoms with van der Waals surface area (Å²) in [5, 5.41) is 3.44. The van der Waals surface area contributed by atoms with Crippen LogP contribution in [0, 0.1) is 13.8 Å². The van der Waals surface area contributed by atoms with Crippen molar-refractivity contribution in [2.75, 3.05) is 0 Å². The second-order valence-electron chi connectivity index (χ2n) is 16.4. The Bertz CT molecular complexity index is 1730. The maximum Gasteiger partial charge on any atom is 0.106 e. The fraction of sp³-hybridized carbons (Fsp3) is 0.378. The molecule has 0 radical (unpaired) electrons. The zero-order valence-electron chi connectivity index (χ0n) is 30.1. The van der Waals surface area contributed by atoms with Crippen LogP contribution in [0.1, 0.15) is 106 Å². The van der Waals surface area contributed by atoms with E-state index in [1.54, 1.807) is 10.4 Å². The van der Waals surface area contributed by atoms with E-state index in [0.717, 1.165) is 12.8 Å². The van der Waals surface area contributed by atoms with Crippen molar-refractivity contribution in [2.45, 2.75) is 111 Å². The topological polar surface area (TPSA) is 0 Å². The van der Waals surface area contributed by atoms with Crippen LogP contribution in [0.3, 0.4) is 0 Å². The Kier molecular flexibility index (Phi) is 8.47. The summed E-state index contributed by atoms with van der Waals surface area (Å²) >= 11 is 0. The van der Waals surface area contributed by atoms with Crippen molar-refractivity contribution >= 4 is 20.2 Å². The van der Waals surface area contributed by atoms with Crippen LogP contribution in [-0.4, -0.2) is 8.07 Å². The van der Waals surface area contributed by atoms with Gasteiger partial charge in [-0.05, 0) is 104 Å². The average molecular weight is 623 g/mol. The van der Waals surface area contributed by atoms with Crippen LogP contribution in [0.15, 0.2) is 83.2 Å². The molecule has 0 saturated heterocycles. The summed E-state index contributed by atoms with van der Waals surface area (Å²) < 4.78 is 0. The summed E-state index contributed by atoms with van der Waals surface area (Å²) in [6.45, 7) is 23.5. The summed E-state index contributed by atoms with van der Waals surface area (Å²) in [4.78, 5) is 0. The fourth-order valence-corrected chi connectivity index (χ4v) is 12.0. The van der Waals surface area contributed by atoms with Gasteiger partial charge in [0.25, 0.3) is 0 Å². The second-order valence-corrected chi connectivity index (χ2v) is 20.9. The number of hydrogen-bond donors (Lipinski definition) is 0. The highest BCUT2D eigenvalue weighted by Crippen LogP contribution is 2.46. The molecule has 0 aliphatic heterocycles. The molecule has 6 rings (SSSR count). The number of hydrogen-bond acceptors (Lipinski definition) is 0. The van der Waals surface area contributed by atoms with Gasteiger partial charge in [-0.15, -0.1) is 0 Å². The van der Waals surface area contributed by atoms with Gasteiger partial charge < -0.3 is 0 Å². The van der Waals surface area contributed by atoms with Gasteiger partial charge in [0.05, 0.1) is 0 Å². The molecule has 0 fully saturated rings. The van der Waals surface area contributed by atoms with Gasteiger partial charge >= 0.3 is 0 Å². The molecule has 0 saturated carbocycles. The van der Waals surface area contributed by atoms with Gasteiger partial charge in [-0.3, -0.25) is 0 Å². The largest absolute Gasteiger partial charge is 0.106 e. The van der Waals surface area contributed by atoms with E-state index in [1.807, 2.05) is 0 Å². The minimum absolute atomic E-state index is 0.155. The van der Waals surface area contributed by atoms with E-state index in [4.69, 9.17) is 0 Å². The van der Waals surface area contributed by atoms with Crippen LogP contribution < -0.4 is 0 Å². The van der Waals surface area contributed by atoms with E-state index in [-0.39, 0.29) is 10.8 Å². The van der Waals surface area contributed by atoms with Crippen molar-refractivity contribution in [2.24, 2.45) is 0 Å². The SMILES string of the molecule is CCCC[Si](C)(C1=Cc2c(cccc2-c2ccc(C(C)(C)C)cc2C)C1)C1=Cc2c(cccc2-c2ccc(C(C)(C)C)cc2C)C1. The molecule has 0 nitrogen and oxygen atoms in total. The molecule has 0 unspecified atom stereocenters. The van der Waals surface area contributed by atoms with Gasteiger partial charge in [0.1, 0.15) is 8.07 Å². The van der Waals surface area contributed by atoms with E-state index in [2.05, 4.69) is 154 Å². The lowest BCUT2D eigenvalue weighted by Crippen LogP contribution is -2.36. The summed E-state index contributed by atoms with van der Waals surface area (Å²) in [7, 11) is -1.92. The molecule has 2 aliphatic carbocycles. The van der Waals surface area contributed by atoms with Crippen molar-refractivity contribution < 1.29 is 0 Å². The van der Waals surface area contributed by atoms with E-state index in [9.17, 15) is 0 Å². The number of allylic oxidation sites excluding steroid dienone is 2. The molecule has 0 aromatic heterocycles. The first-order chi connectivity index (χ1) is 21.7. The monoisotopic (exact) mass is 622 g/mol. The van der Waals surface area contributed by atoms with Gasteiger partial charge in [-0.1, -0.05) is 169 Å². The van der Waals surface area contributed by atoms with E-state index in [0.29, 0.717) is 0 Å². The highest BCUT2D eigenvalue weighted by Gasteiger charge is 2.39. The number of benzene rings is 4. The van der Waals surface area contributed by atoms with Crippen LogP contribution in [-0.2, 0) is 23.7 Å². The molecular weight excluding hydrogens is 569 g/mol. The number of aryl methyl sites for hydroxylation is 2. The Hall–Kier alpha value is -3.42. The summed E-state index contributed by atoms with van der Waals surface area (Å²) in [5.41, 5.74) is 17.4. The normalized spacial score (nSPS) is 14.7. The maximum absolute atomic E-state index is 2.68. The van der Waals surface area contributed by atoms with Crippen LogP contribution in [0.4, 0.5) is 0 Å². The van der Waals surface area contributed by atoms with Crippen molar-refractivity contribution in [1.82, 2.24) is 0 Å². The molecular formula is C45H54Si. The van der Waals surface area contributed by atoms with E-state index in [1.165, 1.54) is 85.6 Å². The first-order valence-electron chi connectivity index (χ1n) is 17.6. The maximum atomic E-state index is 2.68. The van der Waals surface area contributed by atoms with Crippen molar-refractivity contribution in [3.63, 3.8) is 0 Å². The molecule has 1 heteroatoms. The van der Waals surface area contributed by atoms with E-state index >= 15 is 0 Å². The predicted octanol–water partition coefficient (Wildman–Crippen LogP) is 12.8. The quantitative estimate of drug-likeness (QED) is 0.180. The number of unbranched alkanes of at least 4 members (excludes halogenated alkanes) is 1. The summed E-state index contributed by atoms with van der Waals surface area (Å²) in [6.07, 6.45) is 10.0. The lowest BCUT2D eigenvalue weighted by atomic mass is 9.84. The van der Waals surface area contributed by atoms with Crippen LogP contribution in [0.25, 0.3) is 34.4 Å². The molecule has 46 heavy (non-hydrogen) atoms. The molecule has 0 atom stereocenters. The third-order valence-electron chi connectivity index (χ3n) is 11.0. The van der Waals surface area contributed by atoms with Crippen LogP contribution >= 0.6 is 0 Å². The first kappa shape index (κ1) is 32.5. The molecule has 0 heterocycles. The second kappa shape index (κ2) is 12.0. The van der Waals surface area contributed by atoms with Gasteiger partial charge in [-0.2, -0.15) is 0 Å². The fourth-order valence-electron chi connectivity index (χ4n) is 7.84. The molecule has 2 aliphatic rings. The summed E-state index contributed by atoms with van der Waals surface area (Å²) in [6, 6.07) is 29.6. The van der Waals surface area contributed by atoms with Gasteiger partial charge in [-0.25, -0.2) is 0 Å². The highest BCUT2D eigenvalue weighted by atomic mass is 28.3. The molecule has 0 spiro atoms. The predicted molar refractivity (Wildman–Crippen MR) is 205 cm³/mol. The van der Waals surface area contributed by atoms with Crippen LogP contribution in [0.5, 0.6) is 0 Å². The Balaban J connectivity index is 1.40. The third kappa shape index (κ3) is 5.92. The minimum atomic E-state index is -1.92. The molecule has 238 valence electrons. The number of fused-ring (bicyclic) bond motifs is 2. The Morgan fingerprint density at radius 1 is 0.587 bits per heavy atom. The van der Waals surface area contributed by atoms with Gasteiger partial charge in [0.2, 0.25) is 0 Å². The van der Waals surface area contributed by atoms with Crippen LogP contribution in [0.2, 0.25) is 12.6 Å². The summed E-state index contributed by atoms with van der Waals surface area (Å²) in [5.74, 6) is 0. The van der Waals surface area contributed by atoms with Crippen molar-refractivity contribution in [1.29, 1.82) is 0 Å². The molecule has 0 bridgehead atoms. The minimum Gasteiger partial charge on any atom is -0.0712 e. The lowest BCUT2D eigenvalue weighted by Gasteiger charge is -2.31. The molecule has 0 amide bonds. The van der Waals surface area contributed by atoms with Gasteiger partial charge in [0.15, 0.2) is 0 Å². The van der Waals surface area contributed by atoms with Gasteiger partial charge in [0, 0.05) is 0 Å². The molecule has 4 aromatic rings. The zero-order chi connectivity index (χ0) is 33.0. The van der Waals surface area contributed by atoms with Crippen molar-refractivity contribution in [3.8, 4) is 22.3 Å². The zero-order valence-corrected chi connectivity index (χ0v) is 31.1. The Morgan fingerprint density at radius 3 is 1.39 bits per heavy atom. The van der Waals surface area contributed by atoms with E-state index < -0.39 is 8.07 Å². The Morgan fingerprint density at radius 2 is 1.02 bits per heavy atom. The smallest absolute Gasteiger partial charge is 0.0712 e. The Labute approximate surface area is 280 Å². The number of rotatable bonds is 7.